The summed E-state index contributed by atoms with van der Waals surface area (Å²) in [4.78, 5) is 30.8. The molecule has 3 N–H and O–H groups in total. The van der Waals surface area contributed by atoms with Crippen LogP contribution in [0.1, 0.15) is 86.9 Å². The predicted octanol–water partition coefficient (Wildman–Crippen LogP) is 6.84. The Bertz CT molecular complexity index is 2360. The van der Waals surface area contributed by atoms with Crippen molar-refractivity contribution in [2.75, 3.05) is 11.9 Å². The second-order valence-electron chi connectivity index (χ2n) is 13.9. The Morgan fingerprint density at radius 3 is 2.43 bits per heavy atom. The van der Waals surface area contributed by atoms with Crippen LogP contribution in [0.25, 0.3) is 16.8 Å². The summed E-state index contributed by atoms with van der Waals surface area (Å²) in [5, 5.41) is 27.2. The third-order valence-electron chi connectivity index (χ3n) is 9.26. The average Bonchev–Trinajstić information content (AvgIpc) is 3.75. The summed E-state index contributed by atoms with van der Waals surface area (Å²) < 4.78 is 95.2. The molecule has 4 aromatic heterocycles. The molecule has 0 spiro atoms. The first-order valence-corrected chi connectivity index (χ1v) is 17.4. The lowest BCUT2D eigenvalue weighted by Crippen LogP contribution is -2.35. The zero-order chi connectivity index (χ0) is 40.7. The van der Waals surface area contributed by atoms with Gasteiger partial charge in [0.05, 0.1) is 18.3 Å². The fraction of sp³-hybridized carbons (Fsp3) is 0.368. The van der Waals surface area contributed by atoms with Gasteiger partial charge in [-0.25, -0.2) is 27.3 Å². The second-order valence-corrected chi connectivity index (χ2v) is 13.9. The van der Waals surface area contributed by atoms with Crippen molar-refractivity contribution in [3.05, 3.63) is 94.2 Å². The second kappa shape index (κ2) is 15.3. The summed E-state index contributed by atoms with van der Waals surface area (Å²) >= 11 is 0. The lowest BCUT2D eigenvalue weighted by molar-refractivity contribution is -0.123. The van der Waals surface area contributed by atoms with Crippen LogP contribution in [0.15, 0.2) is 48.7 Å². The molecule has 0 saturated heterocycles. The summed E-state index contributed by atoms with van der Waals surface area (Å²) in [5.41, 5.74) is -2.09. The molecule has 6 rings (SSSR count). The number of fused-ring (bicyclic) bond motifs is 2. The van der Waals surface area contributed by atoms with Crippen molar-refractivity contribution >= 4 is 23.6 Å². The first-order valence-electron chi connectivity index (χ1n) is 17.4. The van der Waals surface area contributed by atoms with Gasteiger partial charge >= 0.3 is 6.09 Å². The molecule has 3 atom stereocenters. The Hall–Kier alpha value is -5.96. The first-order chi connectivity index (χ1) is 26.4. The van der Waals surface area contributed by atoms with Crippen molar-refractivity contribution in [2.45, 2.75) is 77.5 Å². The molecular formula is C38H36F6N8O4. The maximum absolute atomic E-state index is 15.5. The Balaban J connectivity index is 1.48. The molecule has 1 aromatic carbocycles. The Morgan fingerprint density at radius 1 is 1.05 bits per heavy atom. The molecule has 12 nitrogen and oxygen atoms in total. The minimum atomic E-state index is -3.59. The zero-order valence-electron chi connectivity index (χ0n) is 30.7. The van der Waals surface area contributed by atoms with Crippen LogP contribution in [0.3, 0.4) is 0 Å². The summed E-state index contributed by atoms with van der Waals surface area (Å²) in [6, 6.07) is 7.77. The van der Waals surface area contributed by atoms with Gasteiger partial charge in [-0.2, -0.15) is 13.9 Å². The van der Waals surface area contributed by atoms with Crippen molar-refractivity contribution in [1.82, 2.24) is 34.7 Å². The van der Waals surface area contributed by atoms with E-state index in [0.717, 1.165) is 12.1 Å². The number of nitrogens with zero attached hydrogens (tertiary/aromatic N) is 6. The summed E-state index contributed by atoms with van der Waals surface area (Å²) in [5.74, 6) is -3.31. The van der Waals surface area contributed by atoms with Crippen LogP contribution in [0.2, 0.25) is 0 Å². The summed E-state index contributed by atoms with van der Waals surface area (Å²) in [6.07, 6.45) is -2.75. The number of ether oxygens (including phenoxy) is 1. The van der Waals surface area contributed by atoms with Crippen molar-refractivity contribution in [1.29, 1.82) is 0 Å². The van der Waals surface area contributed by atoms with Crippen LogP contribution >= 0.6 is 0 Å². The van der Waals surface area contributed by atoms with Gasteiger partial charge in [-0.05, 0) is 81.0 Å². The van der Waals surface area contributed by atoms with Gasteiger partial charge in [0.25, 0.3) is 12.3 Å². The van der Waals surface area contributed by atoms with Crippen LogP contribution < -0.4 is 10.6 Å². The van der Waals surface area contributed by atoms with E-state index in [2.05, 4.69) is 42.8 Å². The van der Waals surface area contributed by atoms with Gasteiger partial charge in [0.2, 0.25) is 11.9 Å². The van der Waals surface area contributed by atoms with Gasteiger partial charge in [-0.3, -0.25) is 19.2 Å². The molecule has 0 radical (unpaired) electrons. The molecule has 4 heterocycles. The number of halogens is 6. The van der Waals surface area contributed by atoms with Gasteiger partial charge in [0.1, 0.15) is 40.9 Å². The highest BCUT2D eigenvalue weighted by Gasteiger charge is 2.55. The number of rotatable bonds is 10. The maximum atomic E-state index is 15.5. The third-order valence-corrected chi connectivity index (χ3v) is 9.26. The number of amides is 2. The highest BCUT2D eigenvalue weighted by molar-refractivity contribution is 5.83. The van der Waals surface area contributed by atoms with Crippen molar-refractivity contribution in [3.8, 4) is 23.0 Å². The lowest BCUT2D eigenvalue weighted by atomic mass is 9.94. The van der Waals surface area contributed by atoms with E-state index in [0.29, 0.717) is 27.5 Å². The van der Waals surface area contributed by atoms with Crippen LogP contribution in [0.5, 0.6) is 0 Å². The number of aromatic nitrogens is 6. The van der Waals surface area contributed by atoms with Crippen LogP contribution in [-0.2, 0) is 28.4 Å². The molecule has 0 fully saturated rings. The van der Waals surface area contributed by atoms with Gasteiger partial charge in [-0.15, -0.1) is 10.2 Å². The number of carbonyl (C=O) groups is 2. The number of hydrogen-bond donors (Lipinski definition) is 3. The van der Waals surface area contributed by atoms with Gasteiger partial charge in [-0.1, -0.05) is 19.8 Å². The minimum absolute atomic E-state index is 0.00192. The number of nitrogens with one attached hydrogen (secondary N) is 2. The van der Waals surface area contributed by atoms with Gasteiger partial charge in [0, 0.05) is 34.9 Å². The van der Waals surface area contributed by atoms with E-state index >= 15 is 8.78 Å². The molecule has 0 saturated carbocycles. The fourth-order valence-electron chi connectivity index (χ4n) is 6.57. The number of alkyl halides is 4. The molecule has 0 unspecified atom stereocenters. The molecule has 18 heteroatoms. The third kappa shape index (κ3) is 8.17. The first kappa shape index (κ1) is 39.7. The number of pyridine rings is 2. The van der Waals surface area contributed by atoms with Crippen LogP contribution in [-0.4, -0.2) is 58.7 Å². The van der Waals surface area contributed by atoms with E-state index in [1.807, 2.05) is 0 Å². The standard InChI is InChI=1S/C38H36F6N8O4/c1-6-56-36(54)47-35-49-48-28-10-7-22(17-51(28)35)26-9-8-25(11-12-37(4,5)55)45-31(26)27(15-21-13-23(39)16-24(40)14-21)46-29(53)18-52-33-30(32(50-52)34(41)42)19(2)20(3)38(33,43)44/h7-10,13-14,16-17,19-20,27,34,55H,6,15,18H2,1-5H3,(H,46,53)(H,47,49,54)/t19-,20+,27-/m0/s1. The smallest absolute Gasteiger partial charge is 0.414 e. The number of carbonyl (C=O) groups excluding carboxylic acids is 2. The van der Waals surface area contributed by atoms with Gasteiger partial charge in [0.15, 0.2) is 5.65 Å². The summed E-state index contributed by atoms with van der Waals surface area (Å²) in [6.45, 7) is 6.31. The van der Waals surface area contributed by atoms with E-state index in [-0.39, 0.29) is 41.5 Å². The molecule has 0 aliphatic heterocycles. The van der Waals surface area contributed by atoms with E-state index < -0.39 is 77.4 Å². The maximum Gasteiger partial charge on any atom is 0.414 e. The number of aliphatic hydroxyl groups is 1. The normalized spacial score (nSPS) is 16.7. The van der Waals surface area contributed by atoms with Crippen molar-refractivity contribution < 1.29 is 45.8 Å². The van der Waals surface area contributed by atoms with E-state index in [4.69, 9.17) is 4.74 Å². The zero-order valence-corrected chi connectivity index (χ0v) is 30.7. The minimum Gasteiger partial charge on any atom is -0.450 e. The number of hydrogen-bond acceptors (Lipinski definition) is 8. The Labute approximate surface area is 316 Å². The summed E-state index contributed by atoms with van der Waals surface area (Å²) in [7, 11) is 0. The monoisotopic (exact) mass is 782 g/mol. The number of anilines is 1. The molecule has 2 amide bonds. The lowest BCUT2D eigenvalue weighted by Gasteiger charge is -2.23. The quantitative estimate of drug-likeness (QED) is 0.103. The Morgan fingerprint density at radius 2 is 1.77 bits per heavy atom. The molecule has 1 aliphatic rings. The average molecular weight is 783 g/mol. The van der Waals surface area contributed by atoms with Crippen molar-refractivity contribution in [2.24, 2.45) is 5.92 Å². The molecule has 56 heavy (non-hydrogen) atoms. The SMILES string of the molecule is CCOC(=O)Nc1nnc2ccc(-c3ccc(C#CC(C)(C)O)nc3[C@H](Cc3cc(F)cc(F)c3)NC(=O)Cn3nc(C(F)F)c4c3C(F)(F)[C@H](C)[C@@H]4C)cn12. The van der Waals surface area contributed by atoms with E-state index in [1.165, 1.54) is 38.2 Å². The molecular weight excluding hydrogens is 746 g/mol. The molecule has 1 aliphatic carbocycles. The highest BCUT2D eigenvalue weighted by Crippen LogP contribution is 2.54. The van der Waals surface area contributed by atoms with E-state index in [9.17, 15) is 32.3 Å². The fourth-order valence-corrected chi connectivity index (χ4v) is 6.57. The van der Waals surface area contributed by atoms with Crippen molar-refractivity contribution in [3.63, 3.8) is 0 Å². The Kier molecular flexibility index (Phi) is 10.8. The molecule has 5 aromatic rings. The largest absolute Gasteiger partial charge is 0.450 e. The molecule has 0 bridgehead atoms. The topological polar surface area (TPSA) is 149 Å². The number of benzene rings is 1. The highest BCUT2D eigenvalue weighted by atomic mass is 19.3. The predicted molar refractivity (Wildman–Crippen MR) is 190 cm³/mol. The van der Waals surface area contributed by atoms with Crippen LogP contribution in [0, 0.1) is 29.4 Å². The van der Waals surface area contributed by atoms with E-state index in [1.54, 1.807) is 31.3 Å². The van der Waals surface area contributed by atoms with Crippen LogP contribution in [0.4, 0.5) is 37.1 Å². The molecule has 294 valence electrons. The van der Waals surface area contributed by atoms with Gasteiger partial charge < -0.3 is 15.2 Å².